The van der Waals surface area contributed by atoms with Gasteiger partial charge in [-0.1, -0.05) is 38.3 Å². The van der Waals surface area contributed by atoms with Crippen molar-refractivity contribution >= 4 is 21.6 Å². The van der Waals surface area contributed by atoms with Gasteiger partial charge < -0.3 is 0 Å². The van der Waals surface area contributed by atoms with E-state index in [9.17, 15) is 8.42 Å². The fourth-order valence-corrected chi connectivity index (χ4v) is 3.26. The fraction of sp³-hybridized carbons (Fsp3) is 0.615. The lowest BCUT2D eigenvalue weighted by Gasteiger charge is -2.21. The maximum Gasteiger partial charge on any atom is 0.244 e. The first-order chi connectivity index (χ1) is 9.02. The number of rotatable bonds is 8. The molecule has 6 heteroatoms. The van der Waals surface area contributed by atoms with E-state index in [1.54, 1.807) is 4.31 Å². The van der Waals surface area contributed by atoms with Crippen molar-refractivity contribution in [3.63, 3.8) is 0 Å². The Morgan fingerprint density at radius 2 is 1.74 bits per heavy atom. The SMILES string of the molecule is CCCCN(CCCC)S(=O)(=O)c1ccc(Cl)nc1. The molecule has 0 aliphatic rings. The van der Waals surface area contributed by atoms with Crippen LogP contribution in [0.15, 0.2) is 23.2 Å². The minimum Gasteiger partial charge on any atom is -0.243 e. The molecule has 1 aromatic heterocycles. The molecule has 0 fully saturated rings. The molecule has 0 radical (unpaired) electrons. The summed E-state index contributed by atoms with van der Waals surface area (Å²) in [5.74, 6) is 0. The standard InChI is InChI=1S/C13H21ClN2O2S/c1-3-5-9-16(10-6-4-2)19(17,18)12-7-8-13(14)15-11-12/h7-8,11H,3-6,9-10H2,1-2H3. The van der Waals surface area contributed by atoms with E-state index in [4.69, 9.17) is 11.6 Å². The summed E-state index contributed by atoms with van der Waals surface area (Å²) in [6.45, 7) is 5.21. The van der Waals surface area contributed by atoms with Gasteiger partial charge in [-0.25, -0.2) is 13.4 Å². The Balaban J connectivity index is 2.93. The molecule has 0 aliphatic heterocycles. The molecule has 0 aliphatic carbocycles. The third kappa shape index (κ3) is 4.75. The van der Waals surface area contributed by atoms with E-state index < -0.39 is 10.0 Å². The fourth-order valence-electron chi connectivity index (χ4n) is 1.69. The molecule has 4 nitrogen and oxygen atoms in total. The van der Waals surface area contributed by atoms with Crippen LogP contribution in [0.25, 0.3) is 0 Å². The molecule has 0 unspecified atom stereocenters. The van der Waals surface area contributed by atoms with Gasteiger partial charge in [-0.3, -0.25) is 0 Å². The number of pyridine rings is 1. The van der Waals surface area contributed by atoms with Crippen molar-refractivity contribution in [1.29, 1.82) is 0 Å². The minimum absolute atomic E-state index is 0.212. The third-order valence-electron chi connectivity index (χ3n) is 2.86. The molecule has 0 saturated heterocycles. The lowest BCUT2D eigenvalue weighted by Crippen LogP contribution is -2.33. The zero-order valence-corrected chi connectivity index (χ0v) is 13.0. The quantitative estimate of drug-likeness (QED) is 0.692. The van der Waals surface area contributed by atoms with Crippen LogP contribution < -0.4 is 0 Å². The second-order valence-electron chi connectivity index (χ2n) is 4.43. The Kier molecular flexibility index (Phi) is 6.75. The van der Waals surface area contributed by atoms with Gasteiger partial charge in [0, 0.05) is 19.3 Å². The second-order valence-corrected chi connectivity index (χ2v) is 6.75. The van der Waals surface area contributed by atoms with Gasteiger partial charge in [0.25, 0.3) is 0 Å². The van der Waals surface area contributed by atoms with Crippen LogP contribution in [-0.4, -0.2) is 30.8 Å². The summed E-state index contributed by atoms with van der Waals surface area (Å²) in [7, 11) is -3.45. The van der Waals surface area contributed by atoms with E-state index in [0.29, 0.717) is 18.2 Å². The average Bonchev–Trinajstić information content (AvgIpc) is 2.39. The van der Waals surface area contributed by atoms with Crippen molar-refractivity contribution in [1.82, 2.24) is 9.29 Å². The molecule has 0 N–H and O–H groups in total. The Morgan fingerprint density at radius 3 is 2.16 bits per heavy atom. The van der Waals surface area contributed by atoms with Gasteiger partial charge in [0.05, 0.1) is 0 Å². The maximum atomic E-state index is 12.5. The van der Waals surface area contributed by atoms with Gasteiger partial charge >= 0.3 is 0 Å². The first-order valence-corrected chi connectivity index (χ1v) is 8.45. The average molecular weight is 305 g/mol. The van der Waals surface area contributed by atoms with Crippen molar-refractivity contribution < 1.29 is 8.42 Å². The van der Waals surface area contributed by atoms with Gasteiger partial charge in [-0.2, -0.15) is 4.31 Å². The van der Waals surface area contributed by atoms with Crippen LogP contribution in [-0.2, 0) is 10.0 Å². The van der Waals surface area contributed by atoms with Gasteiger partial charge in [0.15, 0.2) is 0 Å². The summed E-state index contributed by atoms with van der Waals surface area (Å²) in [5.41, 5.74) is 0. The summed E-state index contributed by atoms with van der Waals surface area (Å²) in [4.78, 5) is 4.06. The van der Waals surface area contributed by atoms with Crippen molar-refractivity contribution in [3.8, 4) is 0 Å². The molecule has 0 bridgehead atoms. The maximum absolute atomic E-state index is 12.5. The summed E-state index contributed by atoms with van der Waals surface area (Å²) < 4.78 is 26.5. The Bertz CT molecular complexity index is 466. The van der Waals surface area contributed by atoms with Gasteiger partial charge in [0.2, 0.25) is 10.0 Å². The molecule has 0 atom stereocenters. The first-order valence-electron chi connectivity index (χ1n) is 6.64. The molecule has 0 aromatic carbocycles. The second kappa shape index (κ2) is 7.82. The van der Waals surface area contributed by atoms with Crippen LogP contribution in [0.1, 0.15) is 39.5 Å². The number of unbranched alkanes of at least 4 members (excludes halogenated alkanes) is 2. The number of aromatic nitrogens is 1. The Hall–Kier alpha value is -0.650. The molecule has 1 rings (SSSR count). The van der Waals surface area contributed by atoms with E-state index in [1.807, 2.05) is 0 Å². The Labute approximate surface area is 120 Å². The highest BCUT2D eigenvalue weighted by Crippen LogP contribution is 2.17. The molecule has 0 saturated carbocycles. The van der Waals surface area contributed by atoms with E-state index >= 15 is 0 Å². The van der Waals surface area contributed by atoms with Crippen LogP contribution in [0.2, 0.25) is 5.15 Å². The molecular formula is C13H21ClN2O2S. The van der Waals surface area contributed by atoms with Gasteiger partial charge in [-0.15, -0.1) is 0 Å². The highest BCUT2D eigenvalue weighted by Gasteiger charge is 2.23. The summed E-state index contributed by atoms with van der Waals surface area (Å²) in [6, 6.07) is 3.02. The molecule has 1 heterocycles. The van der Waals surface area contributed by atoms with Crippen molar-refractivity contribution in [2.24, 2.45) is 0 Å². The van der Waals surface area contributed by atoms with Gasteiger partial charge in [-0.05, 0) is 25.0 Å². The normalized spacial score (nSPS) is 12.0. The number of hydrogen-bond acceptors (Lipinski definition) is 3. The predicted octanol–water partition coefficient (Wildman–Crippen LogP) is 3.33. The zero-order valence-electron chi connectivity index (χ0n) is 11.5. The summed E-state index contributed by atoms with van der Waals surface area (Å²) in [6.07, 6.45) is 4.99. The number of hydrogen-bond donors (Lipinski definition) is 0. The highest BCUT2D eigenvalue weighted by molar-refractivity contribution is 7.89. The molecule has 108 valence electrons. The summed E-state index contributed by atoms with van der Waals surface area (Å²) in [5, 5.41) is 0.299. The van der Waals surface area contributed by atoms with Crippen molar-refractivity contribution in [2.45, 2.75) is 44.4 Å². The Morgan fingerprint density at radius 1 is 1.16 bits per heavy atom. The first kappa shape index (κ1) is 16.4. The summed E-state index contributed by atoms with van der Waals surface area (Å²) >= 11 is 5.69. The zero-order chi connectivity index (χ0) is 14.3. The van der Waals surface area contributed by atoms with E-state index in [-0.39, 0.29) is 4.90 Å². The lowest BCUT2D eigenvalue weighted by atomic mass is 10.3. The van der Waals surface area contributed by atoms with Crippen molar-refractivity contribution in [2.75, 3.05) is 13.1 Å². The van der Waals surface area contributed by atoms with Crippen LogP contribution in [0.4, 0.5) is 0 Å². The monoisotopic (exact) mass is 304 g/mol. The molecule has 1 aromatic rings. The van der Waals surface area contributed by atoms with Crippen LogP contribution in [0.5, 0.6) is 0 Å². The van der Waals surface area contributed by atoms with E-state index in [0.717, 1.165) is 25.7 Å². The smallest absolute Gasteiger partial charge is 0.243 e. The van der Waals surface area contributed by atoms with E-state index in [2.05, 4.69) is 18.8 Å². The minimum atomic E-state index is -3.45. The van der Waals surface area contributed by atoms with Crippen LogP contribution in [0.3, 0.4) is 0 Å². The van der Waals surface area contributed by atoms with Crippen LogP contribution >= 0.6 is 11.6 Å². The molecular weight excluding hydrogens is 284 g/mol. The van der Waals surface area contributed by atoms with Crippen LogP contribution in [0, 0.1) is 0 Å². The number of halogens is 1. The third-order valence-corrected chi connectivity index (χ3v) is 4.97. The lowest BCUT2D eigenvalue weighted by molar-refractivity contribution is 0.395. The highest BCUT2D eigenvalue weighted by atomic mass is 35.5. The van der Waals surface area contributed by atoms with Gasteiger partial charge in [0.1, 0.15) is 10.0 Å². The van der Waals surface area contributed by atoms with E-state index in [1.165, 1.54) is 18.3 Å². The topological polar surface area (TPSA) is 50.3 Å². The largest absolute Gasteiger partial charge is 0.244 e. The molecule has 19 heavy (non-hydrogen) atoms. The van der Waals surface area contributed by atoms with Crippen molar-refractivity contribution in [3.05, 3.63) is 23.5 Å². The molecule has 0 spiro atoms. The molecule has 0 amide bonds. The number of sulfonamides is 1. The predicted molar refractivity (Wildman–Crippen MR) is 77.8 cm³/mol. The number of nitrogens with zero attached hydrogens (tertiary/aromatic N) is 2.